The standard InChI is InChI=1S/C22H29N3O/c1-7-18(8-2)26-20-13-17(6)24-22(19(20)9-10-23)25-21-15(4)11-14(3)12-16(21)5/h11-13,18H,7-9H2,1-6H3,(H,24,25). The highest BCUT2D eigenvalue weighted by Crippen LogP contribution is 2.32. The number of pyridine rings is 1. The molecule has 0 unspecified atom stereocenters. The number of aryl methyl sites for hydroxylation is 4. The Bertz CT molecular complexity index is 794. The van der Waals surface area contributed by atoms with Gasteiger partial charge in [-0.3, -0.25) is 0 Å². The van der Waals surface area contributed by atoms with E-state index in [4.69, 9.17) is 4.74 Å². The molecule has 0 radical (unpaired) electrons. The lowest BCUT2D eigenvalue weighted by atomic mass is 10.0. The Kier molecular flexibility index (Phi) is 6.63. The lowest BCUT2D eigenvalue weighted by Crippen LogP contribution is -2.16. The summed E-state index contributed by atoms with van der Waals surface area (Å²) in [4.78, 5) is 4.67. The molecule has 0 amide bonds. The van der Waals surface area contributed by atoms with Gasteiger partial charge >= 0.3 is 0 Å². The predicted molar refractivity (Wildman–Crippen MR) is 107 cm³/mol. The summed E-state index contributed by atoms with van der Waals surface area (Å²) in [6.07, 6.45) is 2.27. The van der Waals surface area contributed by atoms with Gasteiger partial charge in [-0.25, -0.2) is 4.98 Å². The molecule has 2 aromatic rings. The minimum absolute atomic E-state index is 0.143. The fourth-order valence-electron chi connectivity index (χ4n) is 3.26. The first-order valence-corrected chi connectivity index (χ1v) is 9.28. The fraction of sp³-hybridized carbons (Fsp3) is 0.455. The van der Waals surface area contributed by atoms with Crippen molar-refractivity contribution < 1.29 is 4.74 Å². The van der Waals surface area contributed by atoms with Crippen molar-refractivity contribution in [2.45, 2.75) is 66.9 Å². The normalized spacial score (nSPS) is 10.7. The summed E-state index contributed by atoms with van der Waals surface area (Å²) < 4.78 is 6.20. The van der Waals surface area contributed by atoms with Crippen LogP contribution in [0.3, 0.4) is 0 Å². The number of hydrogen-bond donors (Lipinski definition) is 1. The van der Waals surface area contributed by atoms with E-state index in [-0.39, 0.29) is 12.5 Å². The Labute approximate surface area is 157 Å². The number of nitrogens with one attached hydrogen (secondary N) is 1. The van der Waals surface area contributed by atoms with Gasteiger partial charge in [0.2, 0.25) is 0 Å². The van der Waals surface area contributed by atoms with Crippen LogP contribution in [0, 0.1) is 39.0 Å². The molecule has 0 saturated heterocycles. The van der Waals surface area contributed by atoms with Crippen molar-refractivity contribution in [1.82, 2.24) is 4.98 Å². The monoisotopic (exact) mass is 351 g/mol. The third kappa shape index (κ3) is 4.54. The highest BCUT2D eigenvalue weighted by atomic mass is 16.5. The molecular formula is C22H29N3O. The smallest absolute Gasteiger partial charge is 0.138 e. The molecule has 0 aliphatic rings. The first kappa shape index (κ1) is 19.8. The number of nitriles is 1. The predicted octanol–water partition coefficient (Wildman–Crippen LogP) is 5.69. The van der Waals surface area contributed by atoms with Gasteiger partial charge in [-0.05, 0) is 51.7 Å². The van der Waals surface area contributed by atoms with E-state index in [1.807, 2.05) is 13.0 Å². The van der Waals surface area contributed by atoms with Crippen LogP contribution in [0.5, 0.6) is 5.75 Å². The first-order valence-electron chi connectivity index (χ1n) is 9.28. The lowest BCUT2D eigenvalue weighted by molar-refractivity contribution is 0.191. The second-order valence-electron chi connectivity index (χ2n) is 6.88. The van der Waals surface area contributed by atoms with Gasteiger partial charge in [-0.15, -0.1) is 0 Å². The molecule has 0 saturated carbocycles. The van der Waals surface area contributed by atoms with Crippen molar-refractivity contribution >= 4 is 11.5 Å². The molecule has 0 fully saturated rings. The number of aromatic nitrogens is 1. The fourth-order valence-corrected chi connectivity index (χ4v) is 3.26. The lowest BCUT2D eigenvalue weighted by Gasteiger charge is -2.21. The van der Waals surface area contributed by atoms with E-state index in [1.54, 1.807) is 0 Å². The zero-order valence-electron chi connectivity index (χ0n) is 16.7. The SMILES string of the molecule is CCC(CC)Oc1cc(C)nc(Nc2c(C)cc(C)cc2C)c1CC#N. The molecule has 0 atom stereocenters. The van der Waals surface area contributed by atoms with E-state index < -0.39 is 0 Å². The summed E-state index contributed by atoms with van der Waals surface area (Å²) in [6, 6.07) is 8.49. The Morgan fingerprint density at radius 1 is 1.08 bits per heavy atom. The minimum atomic E-state index is 0.143. The summed E-state index contributed by atoms with van der Waals surface area (Å²) in [5.74, 6) is 1.47. The molecule has 138 valence electrons. The van der Waals surface area contributed by atoms with E-state index in [0.717, 1.165) is 46.7 Å². The van der Waals surface area contributed by atoms with Gasteiger partial charge in [0, 0.05) is 17.4 Å². The molecule has 1 N–H and O–H groups in total. The quantitative estimate of drug-likeness (QED) is 0.696. The molecule has 1 heterocycles. The molecule has 0 bridgehead atoms. The summed E-state index contributed by atoms with van der Waals surface area (Å²) in [5, 5.41) is 12.8. The van der Waals surface area contributed by atoms with Crippen molar-refractivity contribution in [3.8, 4) is 11.8 Å². The van der Waals surface area contributed by atoms with Crippen molar-refractivity contribution in [2.24, 2.45) is 0 Å². The van der Waals surface area contributed by atoms with Crippen LogP contribution in [0.25, 0.3) is 0 Å². The van der Waals surface area contributed by atoms with E-state index in [2.05, 4.69) is 63.1 Å². The highest BCUT2D eigenvalue weighted by molar-refractivity contribution is 5.69. The van der Waals surface area contributed by atoms with Gasteiger partial charge in [0.15, 0.2) is 0 Å². The van der Waals surface area contributed by atoms with Crippen LogP contribution in [0.4, 0.5) is 11.5 Å². The van der Waals surface area contributed by atoms with Gasteiger partial charge in [-0.1, -0.05) is 31.5 Å². The summed E-state index contributed by atoms with van der Waals surface area (Å²) in [7, 11) is 0. The van der Waals surface area contributed by atoms with Crippen LogP contribution in [-0.4, -0.2) is 11.1 Å². The Morgan fingerprint density at radius 2 is 1.69 bits per heavy atom. The maximum Gasteiger partial charge on any atom is 0.138 e. The number of hydrogen-bond acceptors (Lipinski definition) is 4. The third-order valence-electron chi connectivity index (χ3n) is 4.59. The number of rotatable bonds is 7. The van der Waals surface area contributed by atoms with Crippen LogP contribution in [-0.2, 0) is 6.42 Å². The highest BCUT2D eigenvalue weighted by Gasteiger charge is 2.17. The maximum absolute atomic E-state index is 9.34. The van der Waals surface area contributed by atoms with Crippen LogP contribution in [0.15, 0.2) is 18.2 Å². The summed E-state index contributed by atoms with van der Waals surface area (Å²) >= 11 is 0. The van der Waals surface area contributed by atoms with E-state index >= 15 is 0 Å². The summed E-state index contributed by atoms with van der Waals surface area (Å²) in [5.41, 5.74) is 6.30. The Morgan fingerprint density at radius 3 is 2.23 bits per heavy atom. The second-order valence-corrected chi connectivity index (χ2v) is 6.88. The maximum atomic E-state index is 9.34. The molecule has 0 aliphatic heterocycles. The largest absolute Gasteiger partial charge is 0.490 e. The van der Waals surface area contributed by atoms with Gasteiger partial charge in [-0.2, -0.15) is 5.26 Å². The topological polar surface area (TPSA) is 57.9 Å². The Hall–Kier alpha value is -2.54. The van der Waals surface area contributed by atoms with Crippen LogP contribution in [0.2, 0.25) is 0 Å². The van der Waals surface area contributed by atoms with Gasteiger partial charge < -0.3 is 10.1 Å². The van der Waals surface area contributed by atoms with Crippen molar-refractivity contribution in [2.75, 3.05) is 5.32 Å². The van der Waals surface area contributed by atoms with Gasteiger partial charge in [0.05, 0.1) is 24.2 Å². The van der Waals surface area contributed by atoms with Gasteiger partial charge in [0.1, 0.15) is 11.6 Å². The van der Waals surface area contributed by atoms with Crippen molar-refractivity contribution in [3.05, 3.63) is 46.1 Å². The van der Waals surface area contributed by atoms with Gasteiger partial charge in [0.25, 0.3) is 0 Å². The average Bonchev–Trinajstić information content (AvgIpc) is 2.58. The molecule has 0 aliphatic carbocycles. The zero-order chi connectivity index (χ0) is 19.3. The number of nitrogens with zero attached hydrogens (tertiary/aromatic N) is 2. The molecule has 1 aromatic heterocycles. The van der Waals surface area contributed by atoms with E-state index in [9.17, 15) is 5.26 Å². The second kappa shape index (κ2) is 8.71. The van der Waals surface area contributed by atoms with Crippen molar-refractivity contribution in [1.29, 1.82) is 5.26 Å². The summed E-state index contributed by atoms with van der Waals surface area (Å²) in [6.45, 7) is 12.5. The molecule has 2 rings (SSSR count). The minimum Gasteiger partial charge on any atom is -0.490 e. The van der Waals surface area contributed by atoms with E-state index in [1.165, 1.54) is 5.56 Å². The number of benzene rings is 1. The van der Waals surface area contributed by atoms with Crippen LogP contribution < -0.4 is 10.1 Å². The molecule has 0 spiro atoms. The molecular weight excluding hydrogens is 322 g/mol. The molecule has 4 nitrogen and oxygen atoms in total. The first-order chi connectivity index (χ1) is 12.4. The van der Waals surface area contributed by atoms with Crippen LogP contribution >= 0.6 is 0 Å². The third-order valence-corrected chi connectivity index (χ3v) is 4.59. The molecule has 4 heteroatoms. The number of ether oxygens (including phenoxy) is 1. The zero-order valence-corrected chi connectivity index (χ0v) is 16.7. The van der Waals surface area contributed by atoms with E-state index in [0.29, 0.717) is 5.82 Å². The molecule has 1 aromatic carbocycles. The van der Waals surface area contributed by atoms with Crippen LogP contribution in [0.1, 0.15) is 54.6 Å². The van der Waals surface area contributed by atoms with Crippen molar-refractivity contribution in [3.63, 3.8) is 0 Å². The average molecular weight is 351 g/mol. The number of anilines is 2. The molecule has 26 heavy (non-hydrogen) atoms. The Balaban J connectivity index is 2.51.